The summed E-state index contributed by atoms with van der Waals surface area (Å²) in [5.74, 6) is 6.20. The van der Waals surface area contributed by atoms with Crippen molar-refractivity contribution >= 4 is 0 Å². The van der Waals surface area contributed by atoms with Gasteiger partial charge in [-0.1, -0.05) is 11.8 Å². The summed E-state index contributed by atoms with van der Waals surface area (Å²) in [6.45, 7) is 3.72. The zero-order valence-corrected chi connectivity index (χ0v) is 8.66. The van der Waals surface area contributed by atoms with Crippen molar-refractivity contribution in [3.05, 3.63) is 18.0 Å². The van der Waals surface area contributed by atoms with Crippen molar-refractivity contribution < 1.29 is 0 Å². The molecule has 1 heterocycles. The third kappa shape index (κ3) is 3.63. The minimum atomic E-state index is 0.759. The predicted octanol–water partition coefficient (Wildman–Crippen LogP) is 1.38. The topological polar surface area (TPSA) is 43.8 Å². The van der Waals surface area contributed by atoms with Crippen LogP contribution in [0.5, 0.6) is 0 Å². The van der Waals surface area contributed by atoms with Crippen molar-refractivity contribution in [3.63, 3.8) is 0 Å². The van der Waals surface area contributed by atoms with Gasteiger partial charge in [-0.3, -0.25) is 4.68 Å². The van der Waals surface area contributed by atoms with Gasteiger partial charge in [0.2, 0.25) is 0 Å². The highest BCUT2D eigenvalue weighted by Gasteiger charge is 1.90. The van der Waals surface area contributed by atoms with E-state index in [4.69, 9.17) is 5.73 Å². The Morgan fingerprint density at radius 2 is 2.36 bits per heavy atom. The molecule has 0 aromatic carbocycles. The molecule has 0 aliphatic heterocycles. The lowest BCUT2D eigenvalue weighted by Crippen LogP contribution is -1.96. The number of hydrogen-bond donors (Lipinski definition) is 1. The molecule has 0 aliphatic rings. The Bertz CT molecular complexity index is 317. The standard InChI is InChI=1S/C11H17N3/c1-2-14-10-11(9-13-14)7-5-3-4-6-8-12/h9-10H,2-4,6,8,12H2,1H3. The van der Waals surface area contributed by atoms with E-state index in [-0.39, 0.29) is 0 Å². The van der Waals surface area contributed by atoms with Gasteiger partial charge < -0.3 is 5.73 Å². The van der Waals surface area contributed by atoms with Gasteiger partial charge in [-0.05, 0) is 26.3 Å². The smallest absolute Gasteiger partial charge is 0.0646 e. The Hall–Kier alpha value is -1.27. The third-order valence-electron chi connectivity index (χ3n) is 1.95. The number of aryl methyl sites for hydroxylation is 1. The summed E-state index contributed by atoms with van der Waals surface area (Å²) < 4.78 is 1.88. The molecule has 2 N–H and O–H groups in total. The van der Waals surface area contributed by atoms with Crippen molar-refractivity contribution in [2.45, 2.75) is 32.7 Å². The maximum Gasteiger partial charge on any atom is 0.0646 e. The van der Waals surface area contributed by atoms with Gasteiger partial charge in [0, 0.05) is 19.2 Å². The van der Waals surface area contributed by atoms with Crippen molar-refractivity contribution in [3.8, 4) is 11.8 Å². The first kappa shape index (κ1) is 10.8. The molecule has 3 heteroatoms. The summed E-state index contributed by atoms with van der Waals surface area (Å²) in [6, 6.07) is 0. The molecule has 0 amide bonds. The second-order valence-electron chi connectivity index (χ2n) is 3.13. The van der Waals surface area contributed by atoms with Crippen molar-refractivity contribution in [2.75, 3.05) is 6.54 Å². The van der Waals surface area contributed by atoms with E-state index in [0.29, 0.717) is 0 Å². The van der Waals surface area contributed by atoms with Crippen LogP contribution < -0.4 is 5.73 Å². The van der Waals surface area contributed by atoms with Gasteiger partial charge in [0.05, 0.1) is 11.8 Å². The molecular formula is C11H17N3. The second kappa shape index (κ2) is 6.22. The average molecular weight is 191 g/mol. The number of nitrogens with zero attached hydrogens (tertiary/aromatic N) is 2. The average Bonchev–Trinajstić information content (AvgIpc) is 2.65. The molecule has 0 aliphatic carbocycles. The normalized spacial score (nSPS) is 9.57. The lowest BCUT2D eigenvalue weighted by molar-refractivity contribution is 0.660. The maximum atomic E-state index is 5.38. The van der Waals surface area contributed by atoms with E-state index < -0.39 is 0 Å². The summed E-state index contributed by atoms with van der Waals surface area (Å²) in [7, 11) is 0. The van der Waals surface area contributed by atoms with Crippen LogP contribution in [-0.4, -0.2) is 16.3 Å². The minimum Gasteiger partial charge on any atom is -0.330 e. The maximum absolute atomic E-state index is 5.38. The number of rotatable bonds is 4. The van der Waals surface area contributed by atoms with E-state index >= 15 is 0 Å². The Labute approximate surface area is 85.3 Å². The molecule has 0 atom stereocenters. The summed E-state index contributed by atoms with van der Waals surface area (Å²) in [6.07, 6.45) is 6.85. The van der Waals surface area contributed by atoms with Crippen LogP contribution in [0.3, 0.4) is 0 Å². The number of aromatic nitrogens is 2. The van der Waals surface area contributed by atoms with Crippen molar-refractivity contribution in [1.82, 2.24) is 9.78 Å². The van der Waals surface area contributed by atoms with Gasteiger partial charge in [0.25, 0.3) is 0 Å². The zero-order valence-electron chi connectivity index (χ0n) is 8.66. The molecular weight excluding hydrogens is 174 g/mol. The lowest BCUT2D eigenvalue weighted by atomic mass is 10.2. The first-order valence-corrected chi connectivity index (χ1v) is 5.08. The number of nitrogens with two attached hydrogens (primary N) is 1. The molecule has 0 fully saturated rings. The second-order valence-corrected chi connectivity index (χ2v) is 3.13. The summed E-state index contributed by atoms with van der Waals surface area (Å²) in [5, 5.41) is 4.14. The van der Waals surface area contributed by atoms with Crippen molar-refractivity contribution in [1.29, 1.82) is 0 Å². The molecule has 0 spiro atoms. The van der Waals surface area contributed by atoms with Gasteiger partial charge in [-0.15, -0.1) is 0 Å². The highest BCUT2D eigenvalue weighted by atomic mass is 15.3. The Morgan fingerprint density at radius 3 is 3.00 bits per heavy atom. The fraction of sp³-hybridized carbons (Fsp3) is 0.545. The molecule has 76 valence electrons. The van der Waals surface area contributed by atoms with Gasteiger partial charge in [-0.2, -0.15) is 5.10 Å². The van der Waals surface area contributed by atoms with Gasteiger partial charge in [-0.25, -0.2) is 0 Å². The highest BCUT2D eigenvalue weighted by Crippen LogP contribution is 1.96. The van der Waals surface area contributed by atoms with Crippen LogP contribution in [0.4, 0.5) is 0 Å². The van der Waals surface area contributed by atoms with Crippen LogP contribution in [0.2, 0.25) is 0 Å². The van der Waals surface area contributed by atoms with Gasteiger partial charge >= 0.3 is 0 Å². The Morgan fingerprint density at radius 1 is 1.50 bits per heavy atom. The van der Waals surface area contributed by atoms with Gasteiger partial charge in [0.15, 0.2) is 0 Å². The molecule has 0 bridgehead atoms. The zero-order chi connectivity index (χ0) is 10.2. The van der Waals surface area contributed by atoms with Crippen LogP contribution in [0.1, 0.15) is 31.7 Å². The largest absolute Gasteiger partial charge is 0.330 e. The Kier molecular flexibility index (Phi) is 4.81. The molecule has 0 radical (unpaired) electrons. The molecule has 0 saturated carbocycles. The Balaban J connectivity index is 2.35. The van der Waals surface area contributed by atoms with Crippen molar-refractivity contribution in [2.24, 2.45) is 5.73 Å². The molecule has 1 aromatic rings. The highest BCUT2D eigenvalue weighted by molar-refractivity contribution is 5.29. The molecule has 3 nitrogen and oxygen atoms in total. The SMILES string of the molecule is CCn1cc(C#CCCCCN)cn1. The van der Waals surface area contributed by atoms with E-state index in [2.05, 4.69) is 23.9 Å². The summed E-state index contributed by atoms with van der Waals surface area (Å²) in [4.78, 5) is 0. The monoisotopic (exact) mass is 191 g/mol. The molecule has 14 heavy (non-hydrogen) atoms. The van der Waals surface area contributed by atoms with E-state index in [9.17, 15) is 0 Å². The van der Waals surface area contributed by atoms with Crippen LogP contribution >= 0.6 is 0 Å². The third-order valence-corrected chi connectivity index (χ3v) is 1.95. The molecule has 1 aromatic heterocycles. The van der Waals surface area contributed by atoms with Crippen LogP contribution in [0.15, 0.2) is 12.4 Å². The quantitative estimate of drug-likeness (QED) is 0.577. The fourth-order valence-electron chi connectivity index (χ4n) is 1.12. The van der Waals surface area contributed by atoms with Crippen LogP contribution in [0.25, 0.3) is 0 Å². The van der Waals surface area contributed by atoms with E-state index in [1.54, 1.807) is 6.20 Å². The number of unbranched alkanes of at least 4 members (excludes halogenated alkanes) is 2. The minimum absolute atomic E-state index is 0.759. The first-order valence-electron chi connectivity index (χ1n) is 5.08. The lowest BCUT2D eigenvalue weighted by Gasteiger charge is -1.89. The number of hydrogen-bond acceptors (Lipinski definition) is 2. The molecule has 0 unspecified atom stereocenters. The fourth-order valence-corrected chi connectivity index (χ4v) is 1.12. The van der Waals surface area contributed by atoms with E-state index in [1.165, 1.54) is 0 Å². The van der Waals surface area contributed by atoms with Crippen LogP contribution in [-0.2, 0) is 6.54 Å². The molecule has 1 rings (SSSR count). The van der Waals surface area contributed by atoms with Gasteiger partial charge in [0.1, 0.15) is 0 Å². The first-order chi connectivity index (χ1) is 6.86. The van der Waals surface area contributed by atoms with E-state index in [0.717, 1.165) is 37.9 Å². The van der Waals surface area contributed by atoms with E-state index in [1.807, 2.05) is 10.9 Å². The summed E-state index contributed by atoms with van der Waals surface area (Å²) >= 11 is 0. The van der Waals surface area contributed by atoms with Crippen LogP contribution in [0, 0.1) is 11.8 Å². The predicted molar refractivity (Wildman–Crippen MR) is 57.7 cm³/mol. The summed E-state index contributed by atoms with van der Waals surface area (Å²) in [5.41, 5.74) is 6.38. The molecule has 0 saturated heterocycles.